The number of carboxylic acid groups (broad SMARTS) is 1. The van der Waals surface area contributed by atoms with Crippen LogP contribution in [0.15, 0.2) is 0 Å². The molecular formula is C10H18N2O4. The quantitative estimate of drug-likeness (QED) is 0.600. The Hall–Kier alpha value is -1.30. The maximum atomic E-state index is 11.7. The van der Waals surface area contributed by atoms with E-state index in [0.717, 1.165) is 12.8 Å². The van der Waals surface area contributed by atoms with Gasteiger partial charge >= 0.3 is 12.0 Å². The number of nitrogens with zero attached hydrogens (tertiary/aromatic N) is 1. The van der Waals surface area contributed by atoms with Crippen molar-refractivity contribution < 1.29 is 19.8 Å². The molecule has 1 atom stereocenters. The van der Waals surface area contributed by atoms with Crippen molar-refractivity contribution in [2.24, 2.45) is 0 Å². The minimum atomic E-state index is -0.937. The maximum Gasteiger partial charge on any atom is 0.317 e. The summed E-state index contributed by atoms with van der Waals surface area (Å²) in [5, 5.41) is 20.0. The van der Waals surface area contributed by atoms with Crippen LogP contribution in [0.1, 0.15) is 26.2 Å². The average molecular weight is 230 g/mol. The molecule has 0 saturated heterocycles. The molecule has 1 aliphatic rings. The topological polar surface area (TPSA) is 89.9 Å². The summed E-state index contributed by atoms with van der Waals surface area (Å²) in [4.78, 5) is 23.7. The van der Waals surface area contributed by atoms with Gasteiger partial charge in [-0.25, -0.2) is 4.79 Å². The average Bonchev–Trinajstić information content (AvgIpc) is 2.95. The van der Waals surface area contributed by atoms with Gasteiger partial charge in [0.2, 0.25) is 0 Å². The van der Waals surface area contributed by atoms with Gasteiger partial charge in [-0.05, 0) is 19.8 Å². The molecule has 0 radical (unpaired) electrons. The molecule has 6 nitrogen and oxygen atoms in total. The second-order valence-electron chi connectivity index (χ2n) is 4.10. The first-order valence-corrected chi connectivity index (χ1v) is 5.44. The molecule has 1 aliphatic carbocycles. The van der Waals surface area contributed by atoms with Crippen molar-refractivity contribution >= 4 is 12.0 Å². The molecule has 2 amide bonds. The molecule has 1 fully saturated rings. The summed E-state index contributed by atoms with van der Waals surface area (Å²) in [5.74, 6) is -0.937. The Morgan fingerprint density at radius 3 is 2.56 bits per heavy atom. The van der Waals surface area contributed by atoms with E-state index < -0.39 is 12.0 Å². The molecule has 0 spiro atoms. The van der Waals surface area contributed by atoms with Crippen LogP contribution in [0.2, 0.25) is 0 Å². The molecule has 1 unspecified atom stereocenters. The summed E-state index contributed by atoms with van der Waals surface area (Å²) in [6.45, 7) is 1.88. The summed E-state index contributed by atoms with van der Waals surface area (Å²) in [5.41, 5.74) is 0. The molecule has 3 N–H and O–H groups in total. The Kier molecular flexibility index (Phi) is 4.54. The fourth-order valence-electron chi connectivity index (χ4n) is 1.55. The number of urea groups is 1. The van der Waals surface area contributed by atoms with Gasteiger partial charge in [0, 0.05) is 18.6 Å². The SMILES string of the molecule is CC(CC(=O)O)NC(=O)N(CCO)C1CC1. The molecule has 1 rings (SSSR count). The molecule has 6 heteroatoms. The Bertz CT molecular complexity index is 266. The molecule has 16 heavy (non-hydrogen) atoms. The number of aliphatic carboxylic acids is 1. The second-order valence-corrected chi connectivity index (χ2v) is 4.10. The molecule has 0 bridgehead atoms. The van der Waals surface area contributed by atoms with Gasteiger partial charge in [0.1, 0.15) is 0 Å². The largest absolute Gasteiger partial charge is 0.481 e. The molecule has 0 aromatic heterocycles. The zero-order valence-corrected chi connectivity index (χ0v) is 9.35. The maximum absolute atomic E-state index is 11.7. The first-order valence-electron chi connectivity index (χ1n) is 5.44. The van der Waals surface area contributed by atoms with Crippen molar-refractivity contribution in [2.75, 3.05) is 13.2 Å². The number of carbonyl (C=O) groups is 2. The second kappa shape index (κ2) is 5.69. The van der Waals surface area contributed by atoms with Crippen molar-refractivity contribution in [1.29, 1.82) is 0 Å². The number of hydrogen-bond donors (Lipinski definition) is 3. The van der Waals surface area contributed by atoms with E-state index in [2.05, 4.69) is 5.32 Å². The van der Waals surface area contributed by atoms with E-state index in [9.17, 15) is 9.59 Å². The third kappa shape index (κ3) is 4.06. The van der Waals surface area contributed by atoms with Crippen molar-refractivity contribution in [1.82, 2.24) is 10.2 Å². The van der Waals surface area contributed by atoms with E-state index in [1.807, 2.05) is 0 Å². The number of amides is 2. The minimum absolute atomic E-state index is 0.0722. The lowest BCUT2D eigenvalue weighted by Crippen LogP contribution is -2.46. The van der Waals surface area contributed by atoms with Gasteiger partial charge in [-0.3, -0.25) is 4.79 Å². The lowest BCUT2D eigenvalue weighted by Gasteiger charge is -2.23. The van der Waals surface area contributed by atoms with Gasteiger partial charge in [-0.2, -0.15) is 0 Å². The van der Waals surface area contributed by atoms with E-state index in [-0.39, 0.29) is 25.1 Å². The van der Waals surface area contributed by atoms with Crippen molar-refractivity contribution in [3.05, 3.63) is 0 Å². The zero-order chi connectivity index (χ0) is 12.1. The monoisotopic (exact) mass is 230 g/mol. The Morgan fingerprint density at radius 2 is 2.12 bits per heavy atom. The van der Waals surface area contributed by atoms with Crippen LogP contribution in [0.3, 0.4) is 0 Å². The molecule has 0 heterocycles. The molecule has 92 valence electrons. The number of carbonyl (C=O) groups excluding carboxylic acids is 1. The Morgan fingerprint density at radius 1 is 1.50 bits per heavy atom. The number of carboxylic acids is 1. The smallest absolute Gasteiger partial charge is 0.317 e. The van der Waals surface area contributed by atoms with Gasteiger partial charge in [0.15, 0.2) is 0 Å². The Labute approximate surface area is 94.2 Å². The fraction of sp³-hybridized carbons (Fsp3) is 0.800. The van der Waals surface area contributed by atoms with E-state index in [1.165, 1.54) is 0 Å². The number of rotatable bonds is 6. The number of aliphatic hydroxyl groups excluding tert-OH is 1. The standard InChI is InChI=1S/C10H18N2O4/c1-7(6-9(14)15)11-10(16)12(4-5-13)8-2-3-8/h7-8,13H,2-6H2,1H3,(H,11,16)(H,14,15). The predicted octanol–water partition coefficient (Wildman–Crippen LogP) is 0.0159. The zero-order valence-electron chi connectivity index (χ0n) is 9.35. The predicted molar refractivity (Wildman–Crippen MR) is 57.1 cm³/mol. The van der Waals surface area contributed by atoms with Crippen LogP contribution in [-0.4, -0.2) is 52.3 Å². The third-order valence-electron chi connectivity index (χ3n) is 2.44. The first kappa shape index (κ1) is 12.8. The van der Waals surface area contributed by atoms with Crippen molar-refractivity contribution in [3.63, 3.8) is 0 Å². The highest BCUT2D eigenvalue weighted by atomic mass is 16.4. The van der Waals surface area contributed by atoms with Gasteiger partial charge in [0.25, 0.3) is 0 Å². The van der Waals surface area contributed by atoms with Crippen molar-refractivity contribution in [2.45, 2.75) is 38.3 Å². The highest BCUT2D eigenvalue weighted by Crippen LogP contribution is 2.26. The summed E-state index contributed by atoms with van der Waals surface area (Å²) in [6.07, 6.45) is 1.82. The molecule has 0 aromatic carbocycles. The fourth-order valence-corrected chi connectivity index (χ4v) is 1.55. The van der Waals surface area contributed by atoms with E-state index in [1.54, 1.807) is 11.8 Å². The summed E-state index contributed by atoms with van der Waals surface area (Å²) in [7, 11) is 0. The molecule has 0 aromatic rings. The van der Waals surface area contributed by atoms with Crippen molar-refractivity contribution in [3.8, 4) is 0 Å². The molecular weight excluding hydrogens is 212 g/mol. The summed E-state index contributed by atoms with van der Waals surface area (Å²) in [6, 6.07) is -0.473. The van der Waals surface area contributed by atoms with Crippen LogP contribution in [0.5, 0.6) is 0 Å². The van der Waals surface area contributed by atoms with Crippen LogP contribution < -0.4 is 5.32 Å². The normalized spacial score (nSPS) is 16.6. The molecule has 1 saturated carbocycles. The number of hydrogen-bond acceptors (Lipinski definition) is 3. The minimum Gasteiger partial charge on any atom is -0.481 e. The molecule has 0 aliphatic heterocycles. The third-order valence-corrected chi connectivity index (χ3v) is 2.44. The van der Waals surface area contributed by atoms with E-state index >= 15 is 0 Å². The van der Waals surface area contributed by atoms with Crippen LogP contribution in [-0.2, 0) is 4.79 Å². The van der Waals surface area contributed by atoms with Gasteiger partial charge in [-0.15, -0.1) is 0 Å². The van der Waals surface area contributed by atoms with E-state index in [0.29, 0.717) is 6.54 Å². The van der Waals surface area contributed by atoms with Crippen LogP contribution in [0.25, 0.3) is 0 Å². The van der Waals surface area contributed by atoms with Crippen LogP contribution >= 0.6 is 0 Å². The van der Waals surface area contributed by atoms with Crippen LogP contribution in [0, 0.1) is 0 Å². The lowest BCUT2D eigenvalue weighted by atomic mass is 10.2. The number of nitrogens with one attached hydrogen (secondary N) is 1. The number of aliphatic hydroxyl groups is 1. The lowest BCUT2D eigenvalue weighted by molar-refractivity contribution is -0.137. The summed E-state index contributed by atoms with van der Waals surface area (Å²) < 4.78 is 0. The van der Waals surface area contributed by atoms with Crippen LogP contribution in [0.4, 0.5) is 4.79 Å². The highest BCUT2D eigenvalue weighted by Gasteiger charge is 2.32. The Balaban J connectivity index is 2.38. The van der Waals surface area contributed by atoms with Gasteiger partial charge in [-0.1, -0.05) is 0 Å². The highest BCUT2D eigenvalue weighted by molar-refractivity contribution is 5.76. The van der Waals surface area contributed by atoms with E-state index in [4.69, 9.17) is 10.2 Å². The van der Waals surface area contributed by atoms with Gasteiger partial charge in [0.05, 0.1) is 13.0 Å². The first-order chi connectivity index (χ1) is 7.54. The summed E-state index contributed by atoms with van der Waals surface area (Å²) >= 11 is 0. The van der Waals surface area contributed by atoms with Gasteiger partial charge < -0.3 is 20.4 Å².